The Morgan fingerprint density at radius 3 is 1.92 bits per heavy atom. The third-order valence-electron chi connectivity index (χ3n) is 1.07. The van der Waals surface area contributed by atoms with Crippen LogP contribution in [0.1, 0.15) is 32.6 Å². The molecule has 4 N–H and O–H groups in total. The number of hydrogen-bond donors (Lipinski definition) is 4. The van der Waals surface area contributed by atoms with Gasteiger partial charge in [-0.2, -0.15) is 0 Å². The van der Waals surface area contributed by atoms with E-state index in [1.807, 2.05) is 0 Å². The Hall–Kier alpha value is 0.0700. The summed E-state index contributed by atoms with van der Waals surface area (Å²) in [7, 11) is -3.13. The van der Waals surface area contributed by atoms with Crippen molar-refractivity contribution in [3.8, 4) is 0 Å². The van der Waals surface area contributed by atoms with Gasteiger partial charge in [-0.25, -0.2) is 0 Å². The maximum atomic E-state index is 8.74. The maximum Gasteiger partial charge on any atom is 0.314 e. The second kappa shape index (κ2) is 11.1. The Morgan fingerprint density at radius 2 is 1.67 bits per heavy atom. The van der Waals surface area contributed by atoms with Crippen LogP contribution in [-0.2, 0) is 4.57 Å². The summed E-state index contributed by atoms with van der Waals surface area (Å²) in [6.07, 6.45) is 2.58. The average molecular weight is 200 g/mol. The zero-order valence-electron chi connectivity index (χ0n) is 7.10. The SMILES string of the molecule is CCCCCC(O)O.O=[PH](O)O. The number of rotatable bonds is 4. The van der Waals surface area contributed by atoms with Crippen molar-refractivity contribution in [3.05, 3.63) is 0 Å². The van der Waals surface area contributed by atoms with Gasteiger partial charge in [0.1, 0.15) is 0 Å². The third kappa shape index (κ3) is 32.2. The topological polar surface area (TPSA) is 98.0 Å². The van der Waals surface area contributed by atoms with Crippen molar-refractivity contribution >= 4 is 8.25 Å². The van der Waals surface area contributed by atoms with Crippen LogP contribution in [0.15, 0.2) is 0 Å². The summed E-state index contributed by atoms with van der Waals surface area (Å²) in [6.45, 7) is 2.09. The summed E-state index contributed by atoms with van der Waals surface area (Å²) >= 11 is 0. The second-order valence-electron chi connectivity index (χ2n) is 2.26. The van der Waals surface area contributed by atoms with Crippen molar-refractivity contribution < 1.29 is 24.6 Å². The van der Waals surface area contributed by atoms with Crippen LogP contribution in [0, 0.1) is 0 Å². The minimum absolute atomic E-state index is 0.522. The number of unbranched alkanes of at least 4 members (excludes halogenated alkanes) is 2. The van der Waals surface area contributed by atoms with Gasteiger partial charge < -0.3 is 20.0 Å². The van der Waals surface area contributed by atoms with Gasteiger partial charge in [-0.3, -0.25) is 4.57 Å². The molecule has 0 fully saturated rings. The highest BCUT2D eigenvalue weighted by Crippen LogP contribution is 2.00. The van der Waals surface area contributed by atoms with Crippen LogP contribution in [0.2, 0.25) is 0 Å². The largest absolute Gasteiger partial charge is 0.368 e. The average Bonchev–Trinajstić information content (AvgIpc) is 1.86. The molecule has 0 aliphatic carbocycles. The Morgan fingerprint density at radius 1 is 1.25 bits per heavy atom. The van der Waals surface area contributed by atoms with Crippen LogP contribution in [0.3, 0.4) is 0 Å². The molecule has 12 heavy (non-hydrogen) atoms. The van der Waals surface area contributed by atoms with E-state index in [2.05, 4.69) is 6.92 Å². The highest BCUT2D eigenvalue weighted by atomic mass is 31.1. The molecule has 0 amide bonds. The molecule has 0 aliphatic heterocycles. The van der Waals surface area contributed by atoms with Gasteiger partial charge in [-0.05, 0) is 12.8 Å². The molecule has 5 nitrogen and oxygen atoms in total. The summed E-state index contributed by atoms with van der Waals surface area (Å²) in [6, 6.07) is 0. The molecule has 0 saturated heterocycles. The van der Waals surface area contributed by atoms with Crippen molar-refractivity contribution in [2.24, 2.45) is 0 Å². The van der Waals surface area contributed by atoms with Crippen molar-refractivity contribution in [1.29, 1.82) is 0 Å². The van der Waals surface area contributed by atoms with Crippen LogP contribution in [0.4, 0.5) is 0 Å². The molecule has 0 saturated carbocycles. The molecule has 76 valence electrons. The molecule has 0 spiro atoms. The lowest BCUT2D eigenvalue weighted by Gasteiger charge is -1.99. The molecule has 0 aromatic heterocycles. The molecule has 0 atom stereocenters. The highest BCUT2D eigenvalue weighted by Gasteiger charge is 1.93. The van der Waals surface area contributed by atoms with Crippen molar-refractivity contribution in [1.82, 2.24) is 0 Å². The van der Waals surface area contributed by atoms with Crippen LogP contribution in [0.25, 0.3) is 0 Å². The van der Waals surface area contributed by atoms with E-state index in [-0.39, 0.29) is 0 Å². The third-order valence-corrected chi connectivity index (χ3v) is 1.07. The van der Waals surface area contributed by atoms with E-state index in [4.69, 9.17) is 24.6 Å². The molecule has 0 radical (unpaired) electrons. The van der Waals surface area contributed by atoms with Gasteiger partial charge in [-0.15, -0.1) is 0 Å². The quantitative estimate of drug-likeness (QED) is 0.296. The molecular weight excluding hydrogens is 183 g/mol. The Balaban J connectivity index is 0. The number of aliphatic hydroxyl groups is 2. The lowest BCUT2D eigenvalue weighted by atomic mass is 10.2. The van der Waals surface area contributed by atoms with Crippen LogP contribution in [0.5, 0.6) is 0 Å². The second-order valence-corrected chi connectivity index (χ2v) is 2.82. The highest BCUT2D eigenvalue weighted by molar-refractivity contribution is 7.30. The first-order chi connectivity index (χ1) is 5.50. The lowest BCUT2D eigenvalue weighted by molar-refractivity contribution is -0.0465. The molecule has 0 rings (SSSR count). The van der Waals surface area contributed by atoms with Crippen LogP contribution in [-0.4, -0.2) is 26.3 Å². The Labute approximate surface area is 72.6 Å². The molecule has 0 bridgehead atoms. The summed E-state index contributed by atoms with van der Waals surface area (Å²) in [4.78, 5) is 14.3. The summed E-state index contributed by atoms with van der Waals surface area (Å²) in [5.74, 6) is 0. The van der Waals surface area contributed by atoms with Crippen molar-refractivity contribution in [2.75, 3.05) is 0 Å². The smallest absolute Gasteiger partial charge is 0.314 e. The first kappa shape index (κ1) is 14.6. The van der Waals surface area contributed by atoms with Gasteiger partial charge in [0, 0.05) is 0 Å². The van der Waals surface area contributed by atoms with Gasteiger partial charge in [0.05, 0.1) is 0 Å². The van der Waals surface area contributed by atoms with E-state index in [1.165, 1.54) is 0 Å². The zero-order chi connectivity index (χ0) is 9.98. The first-order valence-corrected chi connectivity index (χ1v) is 5.09. The standard InChI is InChI=1S/C6H14O2.H3O3P/c1-2-3-4-5-6(7)8;1-4(2)3/h6-8H,2-5H2,1H3;4H,(H2,1,2,3). The summed E-state index contributed by atoms with van der Waals surface area (Å²) in [5, 5.41) is 16.7. The van der Waals surface area contributed by atoms with Crippen molar-refractivity contribution in [3.63, 3.8) is 0 Å². The lowest BCUT2D eigenvalue weighted by Crippen LogP contribution is -2.02. The molecule has 0 aromatic rings. The molecule has 0 heterocycles. The fourth-order valence-electron chi connectivity index (χ4n) is 0.577. The van der Waals surface area contributed by atoms with Crippen LogP contribution >= 0.6 is 8.25 Å². The molecule has 6 heteroatoms. The molecule has 0 unspecified atom stereocenters. The van der Waals surface area contributed by atoms with E-state index >= 15 is 0 Å². The molecule has 0 aromatic carbocycles. The van der Waals surface area contributed by atoms with Crippen LogP contribution < -0.4 is 0 Å². The summed E-state index contributed by atoms with van der Waals surface area (Å²) in [5.41, 5.74) is 0. The number of hydrogen-bond acceptors (Lipinski definition) is 3. The minimum Gasteiger partial charge on any atom is -0.368 e. The van der Waals surface area contributed by atoms with E-state index < -0.39 is 14.5 Å². The van der Waals surface area contributed by atoms with E-state index in [9.17, 15) is 0 Å². The minimum atomic E-state index is -3.13. The van der Waals surface area contributed by atoms with Gasteiger partial charge >= 0.3 is 8.25 Å². The Bertz CT molecular complexity index is 102. The van der Waals surface area contributed by atoms with Gasteiger partial charge in [0.2, 0.25) is 0 Å². The first-order valence-electron chi connectivity index (χ1n) is 3.78. The Kier molecular flexibility index (Phi) is 13.5. The monoisotopic (exact) mass is 200 g/mol. The summed E-state index contributed by atoms with van der Waals surface area (Å²) < 4.78 is 8.74. The zero-order valence-corrected chi connectivity index (χ0v) is 8.10. The predicted octanol–water partition coefficient (Wildman–Crippen LogP) is 0.238. The maximum absolute atomic E-state index is 8.74. The number of aliphatic hydroxyl groups excluding tert-OH is 1. The van der Waals surface area contributed by atoms with Gasteiger partial charge in [0.15, 0.2) is 6.29 Å². The molecule has 0 aliphatic rings. The predicted molar refractivity (Wildman–Crippen MR) is 45.8 cm³/mol. The van der Waals surface area contributed by atoms with Crippen molar-refractivity contribution in [2.45, 2.75) is 38.9 Å². The normalized spacial score (nSPS) is 9.92. The van der Waals surface area contributed by atoms with E-state index in [0.29, 0.717) is 6.42 Å². The van der Waals surface area contributed by atoms with E-state index in [1.54, 1.807) is 0 Å². The fraction of sp³-hybridized carbons (Fsp3) is 1.00. The fourth-order valence-corrected chi connectivity index (χ4v) is 0.577. The van der Waals surface area contributed by atoms with Gasteiger partial charge in [-0.1, -0.05) is 19.8 Å². The van der Waals surface area contributed by atoms with E-state index in [0.717, 1.165) is 19.3 Å². The molecular formula is C6H17O5P. The van der Waals surface area contributed by atoms with Gasteiger partial charge in [0.25, 0.3) is 0 Å².